The van der Waals surface area contributed by atoms with Crippen LogP contribution < -0.4 is 10.6 Å². The maximum atomic E-state index is 13.0. The van der Waals surface area contributed by atoms with Gasteiger partial charge in [0.05, 0.1) is 6.54 Å². The van der Waals surface area contributed by atoms with E-state index in [-0.39, 0.29) is 36.6 Å². The highest BCUT2D eigenvalue weighted by Crippen LogP contribution is 2.13. The van der Waals surface area contributed by atoms with Gasteiger partial charge in [-0.3, -0.25) is 9.69 Å². The molecule has 0 aliphatic carbocycles. The first-order valence-electron chi connectivity index (χ1n) is 6.25. The van der Waals surface area contributed by atoms with Crippen molar-refractivity contribution in [1.82, 2.24) is 10.2 Å². The van der Waals surface area contributed by atoms with Crippen LogP contribution in [-0.4, -0.2) is 43.0 Å². The molecule has 20 heavy (non-hydrogen) atoms. The summed E-state index contributed by atoms with van der Waals surface area (Å²) in [5.41, 5.74) is 0.144. The lowest BCUT2D eigenvalue weighted by atomic mass is 10.2. The van der Waals surface area contributed by atoms with Crippen molar-refractivity contribution < 1.29 is 13.6 Å². The van der Waals surface area contributed by atoms with E-state index in [9.17, 15) is 13.6 Å². The Morgan fingerprint density at radius 1 is 1.40 bits per heavy atom. The Balaban J connectivity index is 0.00000200. The van der Waals surface area contributed by atoms with E-state index < -0.39 is 11.6 Å². The van der Waals surface area contributed by atoms with E-state index in [0.717, 1.165) is 37.8 Å². The quantitative estimate of drug-likeness (QED) is 0.892. The summed E-state index contributed by atoms with van der Waals surface area (Å²) in [4.78, 5) is 13.9. The van der Waals surface area contributed by atoms with Gasteiger partial charge < -0.3 is 10.6 Å². The molecule has 1 saturated heterocycles. The van der Waals surface area contributed by atoms with Gasteiger partial charge in [0.25, 0.3) is 0 Å². The van der Waals surface area contributed by atoms with Crippen LogP contribution in [0.5, 0.6) is 0 Å². The molecule has 0 bridgehead atoms. The van der Waals surface area contributed by atoms with Crippen LogP contribution in [0.4, 0.5) is 14.5 Å². The molecular formula is C13H18ClF2N3O. The van der Waals surface area contributed by atoms with Gasteiger partial charge in [-0.2, -0.15) is 0 Å². The smallest absolute Gasteiger partial charge is 0.238 e. The number of amides is 1. The van der Waals surface area contributed by atoms with Crippen molar-refractivity contribution in [1.29, 1.82) is 0 Å². The second-order valence-corrected chi connectivity index (χ2v) is 4.73. The van der Waals surface area contributed by atoms with E-state index in [1.807, 2.05) is 11.8 Å². The van der Waals surface area contributed by atoms with Crippen molar-refractivity contribution in [2.75, 3.05) is 31.5 Å². The lowest BCUT2D eigenvalue weighted by molar-refractivity contribution is -0.118. The van der Waals surface area contributed by atoms with E-state index in [0.29, 0.717) is 0 Å². The topological polar surface area (TPSA) is 44.4 Å². The molecule has 1 aromatic rings. The first-order chi connectivity index (χ1) is 9.04. The molecule has 1 amide bonds. The van der Waals surface area contributed by atoms with Gasteiger partial charge in [-0.05, 0) is 19.1 Å². The van der Waals surface area contributed by atoms with Crippen LogP contribution in [0.3, 0.4) is 0 Å². The van der Waals surface area contributed by atoms with Crippen LogP contribution in [0.1, 0.15) is 6.92 Å². The van der Waals surface area contributed by atoms with Gasteiger partial charge in [-0.1, -0.05) is 0 Å². The summed E-state index contributed by atoms with van der Waals surface area (Å²) < 4.78 is 26.0. The van der Waals surface area contributed by atoms with Gasteiger partial charge >= 0.3 is 0 Å². The summed E-state index contributed by atoms with van der Waals surface area (Å²) in [6.45, 7) is 4.71. The normalized spacial score (nSPS) is 19.2. The Kier molecular flexibility index (Phi) is 6.32. The number of halogens is 3. The molecule has 1 aliphatic heterocycles. The van der Waals surface area contributed by atoms with Crippen LogP contribution >= 0.6 is 12.4 Å². The Morgan fingerprint density at radius 3 is 2.65 bits per heavy atom. The maximum absolute atomic E-state index is 13.0. The zero-order chi connectivity index (χ0) is 13.8. The molecule has 0 saturated carbocycles. The average Bonchev–Trinajstić information content (AvgIpc) is 2.30. The molecule has 2 rings (SSSR count). The molecule has 0 unspecified atom stereocenters. The van der Waals surface area contributed by atoms with Gasteiger partial charge in [0, 0.05) is 37.4 Å². The van der Waals surface area contributed by atoms with E-state index in [2.05, 4.69) is 10.6 Å². The van der Waals surface area contributed by atoms with E-state index >= 15 is 0 Å². The number of hydrogen-bond acceptors (Lipinski definition) is 3. The number of rotatable bonds is 3. The number of hydrogen-bond donors (Lipinski definition) is 2. The minimum Gasteiger partial charge on any atom is -0.325 e. The first kappa shape index (κ1) is 16.8. The second-order valence-electron chi connectivity index (χ2n) is 4.73. The summed E-state index contributed by atoms with van der Waals surface area (Å²) >= 11 is 0. The molecule has 0 radical (unpaired) electrons. The molecule has 1 atom stereocenters. The van der Waals surface area contributed by atoms with Crippen LogP contribution in [0.2, 0.25) is 0 Å². The molecule has 1 fully saturated rings. The third-order valence-corrected chi connectivity index (χ3v) is 3.13. The van der Waals surface area contributed by atoms with Gasteiger partial charge in [0.1, 0.15) is 11.6 Å². The standard InChI is InChI=1S/C13H17F2N3O.ClH/c1-9-7-16-2-3-18(9)8-13(19)17-12-5-10(14)4-11(15)6-12;/h4-6,9,16H,2-3,7-8H2,1H3,(H,17,19);1H/t9-;/m1./s1. The van der Waals surface area contributed by atoms with Crippen molar-refractivity contribution in [3.05, 3.63) is 29.8 Å². The molecule has 1 aliphatic rings. The fourth-order valence-electron chi connectivity index (χ4n) is 2.13. The summed E-state index contributed by atoms with van der Waals surface area (Å²) in [5, 5.41) is 5.74. The maximum Gasteiger partial charge on any atom is 0.238 e. The minimum absolute atomic E-state index is 0. The molecule has 0 spiro atoms. The van der Waals surface area contributed by atoms with Crippen molar-refractivity contribution in [2.24, 2.45) is 0 Å². The molecule has 112 valence electrons. The largest absolute Gasteiger partial charge is 0.325 e. The van der Waals surface area contributed by atoms with Crippen LogP contribution in [0.15, 0.2) is 18.2 Å². The second kappa shape index (κ2) is 7.52. The highest BCUT2D eigenvalue weighted by Gasteiger charge is 2.20. The number of anilines is 1. The average molecular weight is 306 g/mol. The predicted octanol–water partition coefficient (Wildman–Crippen LogP) is 1.62. The van der Waals surface area contributed by atoms with E-state index in [1.165, 1.54) is 0 Å². The van der Waals surface area contributed by atoms with Crippen LogP contribution in [0.25, 0.3) is 0 Å². The fraction of sp³-hybridized carbons (Fsp3) is 0.462. The molecule has 4 nitrogen and oxygen atoms in total. The lowest BCUT2D eigenvalue weighted by Gasteiger charge is -2.33. The highest BCUT2D eigenvalue weighted by molar-refractivity contribution is 5.92. The van der Waals surface area contributed by atoms with Crippen LogP contribution in [-0.2, 0) is 4.79 Å². The number of benzene rings is 1. The number of carbonyl (C=O) groups is 1. The zero-order valence-corrected chi connectivity index (χ0v) is 12.0. The number of piperazine rings is 1. The lowest BCUT2D eigenvalue weighted by Crippen LogP contribution is -2.51. The zero-order valence-electron chi connectivity index (χ0n) is 11.2. The van der Waals surface area contributed by atoms with Gasteiger partial charge in [-0.15, -0.1) is 12.4 Å². The third kappa shape index (κ3) is 4.70. The Labute approximate surface area is 122 Å². The van der Waals surface area contributed by atoms with E-state index in [4.69, 9.17) is 0 Å². The van der Waals surface area contributed by atoms with E-state index in [1.54, 1.807) is 0 Å². The molecule has 1 heterocycles. The first-order valence-corrected chi connectivity index (χ1v) is 6.25. The minimum atomic E-state index is -0.703. The molecular weight excluding hydrogens is 288 g/mol. The molecule has 0 aromatic heterocycles. The predicted molar refractivity (Wildman–Crippen MR) is 76.1 cm³/mol. The Bertz CT molecular complexity index is 453. The van der Waals surface area contributed by atoms with Crippen molar-refractivity contribution in [2.45, 2.75) is 13.0 Å². The van der Waals surface area contributed by atoms with Crippen molar-refractivity contribution >= 4 is 24.0 Å². The summed E-state index contributed by atoms with van der Waals surface area (Å²) in [6.07, 6.45) is 0. The molecule has 1 aromatic carbocycles. The fourth-order valence-corrected chi connectivity index (χ4v) is 2.13. The highest BCUT2D eigenvalue weighted by atomic mass is 35.5. The monoisotopic (exact) mass is 305 g/mol. The Hall–Kier alpha value is -1.24. The SMILES string of the molecule is C[C@@H]1CNCCN1CC(=O)Nc1cc(F)cc(F)c1.Cl. The number of nitrogens with zero attached hydrogens (tertiary/aromatic N) is 1. The molecule has 2 N–H and O–H groups in total. The summed E-state index contributed by atoms with van der Waals surface area (Å²) in [5.74, 6) is -1.67. The number of carbonyl (C=O) groups excluding carboxylic acids is 1. The van der Waals surface area contributed by atoms with Crippen LogP contribution in [0, 0.1) is 11.6 Å². The van der Waals surface area contributed by atoms with Gasteiger partial charge in [-0.25, -0.2) is 8.78 Å². The van der Waals surface area contributed by atoms with Crippen molar-refractivity contribution in [3.63, 3.8) is 0 Å². The Morgan fingerprint density at radius 2 is 2.05 bits per heavy atom. The van der Waals surface area contributed by atoms with Crippen molar-refractivity contribution in [3.8, 4) is 0 Å². The van der Waals surface area contributed by atoms with Gasteiger partial charge in [0.15, 0.2) is 0 Å². The molecule has 7 heteroatoms. The number of nitrogens with one attached hydrogen (secondary N) is 2. The van der Waals surface area contributed by atoms with Gasteiger partial charge in [0.2, 0.25) is 5.91 Å². The summed E-state index contributed by atoms with van der Waals surface area (Å²) in [7, 11) is 0. The summed E-state index contributed by atoms with van der Waals surface area (Å²) in [6, 6.07) is 3.24. The third-order valence-electron chi connectivity index (χ3n) is 3.13.